The summed E-state index contributed by atoms with van der Waals surface area (Å²) in [4.78, 5) is 3.98. The molecule has 12 heavy (non-hydrogen) atoms. The molecule has 2 nitrogen and oxygen atoms in total. The Hall–Kier alpha value is -0.850. The fourth-order valence-corrected chi connectivity index (χ4v) is 1.08. The minimum Gasteiger partial charge on any atom is -0.330 e. The van der Waals surface area contributed by atoms with Gasteiger partial charge >= 0.3 is 0 Å². The van der Waals surface area contributed by atoms with E-state index in [2.05, 4.69) is 32.8 Å². The number of hydrogen-bond donors (Lipinski definition) is 1. The highest BCUT2D eigenvalue weighted by Crippen LogP contribution is 2.08. The zero-order chi connectivity index (χ0) is 8.81. The number of pyridine rings is 1. The molecule has 62 valence electrons. The van der Waals surface area contributed by atoms with Crippen molar-refractivity contribution in [1.82, 2.24) is 4.98 Å². The third-order valence-electron chi connectivity index (χ3n) is 1.21. The Kier molecular flexibility index (Phi) is 3.78. The van der Waals surface area contributed by atoms with Gasteiger partial charge in [-0.2, -0.15) is 0 Å². The maximum Gasteiger partial charge on any atom is 0.0439 e. The van der Waals surface area contributed by atoms with Crippen molar-refractivity contribution in [3.8, 4) is 11.8 Å². The lowest BCUT2D eigenvalue weighted by atomic mass is 10.3. The highest BCUT2D eigenvalue weighted by molar-refractivity contribution is 9.10. The average molecular weight is 225 g/mol. The summed E-state index contributed by atoms with van der Waals surface area (Å²) in [6, 6.07) is 1.93. The molecule has 0 radical (unpaired) electrons. The maximum absolute atomic E-state index is 5.30. The van der Waals surface area contributed by atoms with Gasteiger partial charge in [-0.3, -0.25) is 4.98 Å². The summed E-state index contributed by atoms with van der Waals surface area (Å²) in [6.07, 6.45) is 4.19. The number of hydrogen-bond acceptors (Lipinski definition) is 2. The lowest BCUT2D eigenvalue weighted by Gasteiger charge is -1.89. The van der Waals surface area contributed by atoms with Gasteiger partial charge in [-0.15, -0.1) is 0 Å². The molecule has 1 rings (SSSR count). The van der Waals surface area contributed by atoms with Crippen molar-refractivity contribution in [2.45, 2.75) is 6.42 Å². The van der Waals surface area contributed by atoms with Gasteiger partial charge in [0.2, 0.25) is 0 Å². The molecule has 0 aliphatic heterocycles. The van der Waals surface area contributed by atoms with E-state index in [0.29, 0.717) is 6.54 Å². The Balaban J connectivity index is 2.71. The van der Waals surface area contributed by atoms with Crippen molar-refractivity contribution in [2.75, 3.05) is 6.54 Å². The molecule has 1 aromatic heterocycles. The van der Waals surface area contributed by atoms with Gasteiger partial charge < -0.3 is 5.73 Å². The molecule has 0 aliphatic rings. The van der Waals surface area contributed by atoms with Crippen LogP contribution in [-0.4, -0.2) is 11.5 Å². The molecule has 0 saturated heterocycles. The summed E-state index contributed by atoms with van der Waals surface area (Å²) in [5.41, 5.74) is 6.21. The Morgan fingerprint density at radius 3 is 3.00 bits per heavy atom. The number of nitrogens with zero attached hydrogens (tertiary/aromatic N) is 1. The Morgan fingerprint density at radius 1 is 1.50 bits per heavy atom. The van der Waals surface area contributed by atoms with Crippen LogP contribution >= 0.6 is 15.9 Å². The second-order valence-corrected chi connectivity index (χ2v) is 3.15. The predicted octanol–water partition coefficient (Wildman–Crippen LogP) is 1.54. The first kappa shape index (κ1) is 9.24. The lowest BCUT2D eigenvalue weighted by Crippen LogP contribution is -1.95. The second kappa shape index (κ2) is 4.91. The third-order valence-corrected chi connectivity index (χ3v) is 1.64. The highest BCUT2D eigenvalue weighted by Gasteiger charge is 1.88. The van der Waals surface area contributed by atoms with Crippen LogP contribution in [0, 0.1) is 11.8 Å². The SMILES string of the molecule is NCCC#Cc1cncc(Br)c1. The van der Waals surface area contributed by atoms with E-state index in [0.717, 1.165) is 16.5 Å². The fourth-order valence-electron chi connectivity index (χ4n) is 0.717. The van der Waals surface area contributed by atoms with E-state index in [9.17, 15) is 0 Å². The van der Waals surface area contributed by atoms with Crippen LogP contribution in [0.3, 0.4) is 0 Å². The third kappa shape index (κ3) is 3.04. The lowest BCUT2D eigenvalue weighted by molar-refractivity contribution is 1.03. The molecule has 3 heteroatoms. The van der Waals surface area contributed by atoms with Gasteiger partial charge in [0.05, 0.1) is 0 Å². The average Bonchev–Trinajstić information content (AvgIpc) is 2.05. The molecule has 1 aromatic rings. The van der Waals surface area contributed by atoms with Crippen molar-refractivity contribution >= 4 is 15.9 Å². The van der Waals surface area contributed by atoms with Gasteiger partial charge in [-0.05, 0) is 22.0 Å². The minimum atomic E-state index is 0.606. The van der Waals surface area contributed by atoms with E-state index in [4.69, 9.17) is 5.73 Å². The van der Waals surface area contributed by atoms with Gasteiger partial charge in [0.1, 0.15) is 0 Å². The van der Waals surface area contributed by atoms with Crippen LogP contribution in [0.25, 0.3) is 0 Å². The zero-order valence-corrected chi connectivity index (χ0v) is 8.13. The predicted molar refractivity (Wildman–Crippen MR) is 52.5 cm³/mol. The largest absolute Gasteiger partial charge is 0.330 e. The molecule has 2 N–H and O–H groups in total. The van der Waals surface area contributed by atoms with Gasteiger partial charge in [-0.25, -0.2) is 0 Å². The zero-order valence-electron chi connectivity index (χ0n) is 6.55. The standard InChI is InChI=1S/C9H9BrN2/c10-9-5-8(6-12-7-9)3-1-2-4-11/h5-7H,2,4,11H2. The molecule has 0 aromatic carbocycles. The van der Waals surface area contributed by atoms with Crippen molar-refractivity contribution in [1.29, 1.82) is 0 Å². The fraction of sp³-hybridized carbons (Fsp3) is 0.222. The molecule has 0 bridgehead atoms. The Bertz CT molecular complexity index is 312. The number of rotatable bonds is 1. The van der Waals surface area contributed by atoms with Crippen molar-refractivity contribution in [3.05, 3.63) is 28.5 Å². The molecular formula is C9H9BrN2. The summed E-state index contributed by atoms with van der Waals surface area (Å²) in [5, 5.41) is 0. The first-order valence-corrected chi connectivity index (χ1v) is 4.41. The molecule has 0 fully saturated rings. The van der Waals surface area contributed by atoms with Crippen molar-refractivity contribution in [3.63, 3.8) is 0 Å². The van der Waals surface area contributed by atoms with E-state index < -0.39 is 0 Å². The Labute approximate surface area is 80.3 Å². The molecular weight excluding hydrogens is 216 g/mol. The van der Waals surface area contributed by atoms with Crippen LogP contribution in [-0.2, 0) is 0 Å². The molecule has 0 unspecified atom stereocenters. The monoisotopic (exact) mass is 224 g/mol. The summed E-state index contributed by atoms with van der Waals surface area (Å²) >= 11 is 3.32. The van der Waals surface area contributed by atoms with Crippen molar-refractivity contribution in [2.24, 2.45) is 5.73 Å². The van der Waals surface area contributed by atoms with Crippen LogP contribution in [0.2, 0.25) is 0 Å². The van der Waals surface area contributed by atoms with Gasteiger partial charge in [0.15, 0.2) is 0 Å². The second-order valence-electron chi connectivity index (χ2n) is 2.23. The van der Waals surface area contributed by atoms with E-state index in [-0.39, 0.29) is 0 Å². The van der Waals surface area contributed by atoms with Crippen LogP contribution in [0.15, 0.2) is 22.9 Å². The van der Waals surface area contributed by atoms with Gasteiger partial charge in [0.25, 0.3) is 0 Å². The van der Waals surface area contributed by atoms with Crippen LogP contribution < -0.4 is 5.73 Å². The van der Waals surface area contributed by atoms with Crippen molar-refractivity contribution < 1.29 is 0 Å². The summed E-state index contributed by atoms with van der Waals surface area (Å²) < 4.78 is 0.946. The van der Waals surface area contributed by atoms with Crippen LogP contribution in [0.5, 0.6) is 0 Å². The van der Waals surface area contributed by atoms with Gasteiger partial charge in [-0.1, -0.05) is 11.8 Å². The van der Waals surface area contributed by atoms with E-state index in [1.165, 1.54) is 0 Å². The molecule has 0 aliphatic carbocycles. The quantitative estimate of drug-likeness (QED) is 0.736. The highest BCUT2D eigenvalue weighted by atomic mass is 79.9. The van der Waals surface area contributed by atoms with Gasteiger partial charge in [0, 0.05) is 35.4 Å². The molecule has 0 amide bonds. The summed E-state index contributed by atoms with van der Waals surface area (Å²) in [6.45, 7) is 0.606. The van der Waals surface area contributed by atoms with E-state index in [1.807, 2.05) is 6.07 Å². The molecule has 0 atom stereocenters. The topological polar surface area (TPSA) is 38.9 Å². The maximum atomic E-state index is 5.30. The number of halogens is 1. The Morgan fingerprint density at radius 2 is 2.33 bits per heavy atom. The smallest absolute Gasteiger partial charge is 0.0439 e. The van der Waals surface area contributed by atoms with E-state index >= 15 is 0 Å². The molecule has 0 saturated carbocycles. The normalized spacial score (nSPS) is 8.83. The summed E-state index contributed by atoms with van der Waals surface area (Å²) in [7, 11) is 0. The van der Waals surface area contributed by atoms with E-state index in [1.54, 1.807) is 12.4 Å². The van der Waals surface area contributed by atoms with Crippen LogP contribution in [0.1, 0.15) is 12.0 Å². The molecule has 1 heterocycles. The number of aromatic nitrogens is 1. The first-order chi connectivity index (χ1) is 5.83. The number of nitrogens with two attached hydrogens (primary N) is 1. The minimum absolute atomic E-state index is 0.606. The van der Waals surface area contributed by atoms with Crippen LogP contribution in [0.4, 0.5) is 0 Å². The first-order valence-electron chi connectivity index (χ1n) is 3.62. The summed E-state index contributed by atoms with van der Waals surface area (Å²) in [5.74, 6) is 5.91. The molecule has 0 spiro atoms.